The number of amides is 2. The van der Waals surface area contributed by atoms with Crippen LogP contribution >= 0.6 is 0 Å². The average Bonchev–Trinajstić information content (AvgIpc) is 2.84. The zero-order chi connectivity index (χ0) is 28.7. The minimum atomic E-state index is -3.94. The summed E-state index contributed by atoms with van der Waals surface area (Å²) in [6, 6.07) is 11.0. The predicted molar refractivity (Wildman–Crippen MR) is 147 cm³/mol. The lowest BCUT2D eigenvalue weighted by atomic mass is 10.1. The highest BCUT2D eigenvalue weighted by atomic mass is 32.2. The van der Waals surface area contributed by atoms with Crippen LogP contribution in [0.2, 0.25) is 0 Å². The standard InChI is InChI=1S/C27H39N3O7S/c1-9-22(26(32)28-27(2,3)4)29(17-19-11-10-12-20(15-19)35-5)25(31)18-30(38(8,33)34)23-16-21(36-6)13-14-24(23)37-7/h10-16,22H,9,17-18H2,1-8H3,(H,28,32)/t22-/m1/s1. The highest BCUT2D eigenvalue weighted by Gasteiger charge is 2.34. The number of benzene rings is 2. The molecule has 0 fully saturated rings. The Balaban J connectivity index is 2.56. The van der Waals surface area contributed by atoms with E-state index in [9.17, 15) is 18.0 Å². The van der Waals surface area contributed by atoms with Crippen LogP contribution in [-0.2, 0) is 26.2 Å². The third-order valence-electron chi connectivity index (χ3n) is 5.71. The fourth-order valence-electron chi connectivity index (χ4n) is 3.93. The van der Waals surface area contributed by atoms with Crippen LogP contribution in [0.4, 0.5) is 5.69 Å². The van der Waals surface area contributed by atoms with Gasteiger partial charge in [-0.3, -0.25) is 13.9 Å². The first kappa shape index (κ1) is 30.8. The molecule has 0 aromatic heterocycles. The number of nitrogens with zero attached hydrogens (tertiary/aromatic N) is 2. The van der Waals surface area contributed by atoms with Gasteiger partial charge < -0.3 is 24.4 Å². The Kier molecular flexibility index (Phi) is 10.4. The summed E-state index contributed by atoms with van der Waals surface area (Å²) in [5.74, 6) is 0.355. The van der Waals surface area contributed by atoms with Gasteiger partial charge in [-0.05, 0) is 57.0 Å². The maximum atomic E-state index is 13.9. The Labute approximate surface area is 225 Å². The average molecular weight is 550 g/mol. The van der Waals surface area contributed by atoms with Crippen molar-refractivity contribution in [1.82, 2.24) is 10.2 Å². The summed E-state index contributed by atoms with van der Waals surface area (Å²) in [6.45, 7) is 6.88. The summed E-state index contributed by atoms with van der Waals surface area (Å²) < 4.78 is 42.8. The van der Waals surface area contributed by atoms with E-state index >= 15 is 0 Å². The fourth-order valence-corrected chi connectivity index (χ4v) is 4.77. The Morgan fingerprint density at radius 3 is 2.13 bits per heavy atom. The third kappa shape index (κ3) is 8.27. The molecule has 2 rings (SSSR count). The van der Waals surface area contributed by atoms with Crippen molar-refractivity contribution in [2.45, 2.75) is 52.2 Å². The molecule has 2 amide bonds. The summed E-state index contributed by atoms with van der Waals surface area (Å²) in [6.07, 6.45) is 1.33. The number of rotatable bonds is 12. The highest BCUT2D eigenvalue weighted by molar-refractivity contribution is 7.92. The summed E-state index contributed by atoms with van der Waals surface area (Å²) in [7, 11) is 0.466. The second kappa shape index (κ2) is 12.9. The summed E-state index contributed by atoms with van der Waals surface area (Å²) in [5.41, 5.74) is 0.350. The molecular weight excluding hydrogens is 510 g/mol. The fraction of sp³-hybridized carbons (Fsp3) is 0.481. The Morgan fingerprint density at radius 1 is 0.974 bits per heavy atom. The van der Waals surface area contributed by atoms with E-state index in [-0.39, 0.29) is 23.9 Å². The lowest BCUT2D eigenvalue weighted by Gasteiger charge is -2.34. The lowest BCUT2D eigenvalue weighted by molar-refractivity contribution is -0.141. The SMILES string of the molecule is CC[C@H](C(=O)NC(C)(C)C)N(Cc1cccc(OC)c1)C(=O)CN(c1cc(OC)ccc1OC)S(C)(=O)=O. The first-order valence-electron chi connectivity index (χ1n) is 12.2. The van der Waals surface area contributed by atoms with Crippen molar-refractivity contribution in [1.29, 1.82) is 0 Å². The van der Waals surface area contributed by atoms with E-state index in [0.717, 1.165) is 16.1 Å². The van der Waals surface area contributed by atoms with Crippen molar-refractivity contribution in [3.63, 3.8) is 0 Å². The molecule has 0 aliphatic heterocycles. The van der Waals surface area contributed by atoms with Gasteiger partial charge in [0.25, 0.3) is 0 Å². The second-order valence-electron chi connectivity index (χ2n) is 9.84. The van der Waals surface area contributed by atoms with Gasteiger partial charge in [-0.2, -0.15) is 0 Å². The molecule has 11 heteroatoms. The second-order valence-corrected chi connectivity index (χ2v) is 11.8. The van der Waals surface area contributed by atoms with Crippen LogP contribution in [0.3, 0.4) is 0 Å². The van der Waals surface area contributed by atoms with Crippen molar-refractivity contribution in [3.05, 3.63) is 48.0 Å². The number of anilines is 1. The number of hydrogen-bond acceptors (Lipinski definition) is 7. The van der Waals surface area contributed by atoms with Crippen LogP contribution in [-0.4, -0.2) is 70.8 Å². The smallest absolute Gasteiger partial charge is 0.244 e. The molecule has 0 saturated carbocycles. The molecule has 0 spiro atoms. The normalized spacial score (nSPS) is 12.3. The molecule has 2 aromatic carbocycles. The van der Waals surface area contributed by atoms with E-state index in [1.54, 1.807) is 44.4 Å². The maximum absolute atomic E-state index is 13.9. The van der Waals surface area contributed by atoms with Crippen LogP contribution in [0.15, 0.2) is 42.5 Å². The van der Waals surface area contributed by atoms with E-state index in [4.69, 9.17) is 14.2 Å². The van der Waals surface area contributed by atoms with Crippen molar-refractivity contribution >= 4 is 27.5 Å². The van der Waals surface area contributed by atoms with Gasteiger partial charge in [0.05, 0.1) is 33.3 Å². The van der Waals surface area contributed by atoms with Crippen molar-refractivity contribution < 1.29 is 32.2 Å². The number of sulfonamides is 1. The summed E-state index contributed by atoms with van der Waals surface area (Å²) >= 11 is 0. The van der Waals surface area contributed by atoms with Crippen molar-refractivity contribution in [2.24, 2.45) is 0 Å². The van der Waals surface area contributed by atoms with Gasteiger partial charge in [0.15, 0.2) is 0 Å². The molecule has 0 heterocycles. The van der Waals surface area contributed by atoms with Crippen LogP contribution < -0.4 is 23.8 Å². The third-order valence-corrected chi connectivity index (χ3v) is 6.83. The molecule has 0 aliphatic rings. The zero-order valence-corrected chi connectivity index (χ0v) is 24.2. The minimum Gasteiger partial charge on any atom is -0.497 e. The largest absolute Gasteiger partial charge is 0.497 e. The number of carbonyl (C=O) groups excluding carboxylic acids is 2. The summed E-state index contributed by atoms with van der Waals surface area (Å²) in [5, 5.41) is 2.94. The molecule has 0 aliphatic carbocycles. The highest BCUT2D eigenvalue weighted by Crippen LogP contribution is 2.34. The number of ether oxygens (including phenoxy) is 3. The van der Waals surface area contributed by atoms with Crippen LogP contribution in [0, 0.1) is 0 Å². The molecule has 0 bridgehead atoms. The number of hydrogen-bond donors (Lipinski definition) is 1. The first-order chi connectivity index (χ1) is 17.7. The summed E-state index contributed by atoms with van der Waals surface area (Å²) in [4.78, 5) is 28.6. The van der Waals surface area contributed by atoms with Crippen molar-refractivity contribution in [3.8, 4) is 17.2 Å². The molecule has 2 aromatic rings. The Bertz CT molecular complexity index is 1230. The van der Waals surface area contributed by atoms with Gasteiger partial charge in [0, 0.05) is 18.2 Å². The molecule has 1 N–H and O–H groups in total. The lowest BCUT2D eigenvalue weighted by Crippen LogP contribution is -2.55. The topological polar surface area (TPSA) is 114 Å². The number of carbonyl (C=O) groups is 2. The monoisotopic (exact) mass is 549 g/mol. The molecule has 0 saturated heterocycles. The molecule has 0 radical (unpaired) electrons. The van der Waals surface area contributed by atoms with Crippen LogP contribution in [0.25, 0.3) is 0 Å². The number of methoxy groups -OCH3 is 3. The number of nitrogens with one attached hydrogen (secondary N) is 1. The Morgan fingerprint density at radius 2 is 1.61 bits per heavy atom. The predicted octanol–water partition coefficient (Wildman–Crippen LogP) is 3.20. The van der Waals surface area contributed by atoms with Gasteiger partial charge in [0.1, 0.15) is 29.8 Å². The van der Waals surface area contributed by atoms with Gasteiger partial charge in [-0.25, -0.2) is 8.42 Å². The van der Waals surface area contributed by atoms with E-state index in [2.05, 4.69) is 5.32 Å². The quantitative estimate of drug-likeness (QED) is 0.432. The molecule has 0 unspecified atom stereocenters. The van der Waals surface area contributed by atoms with Crippen LogP contribution in [0.5, 0.6) is 17.2 Å². The Hall–Kier alpha value is -3.47. The van der Waals surface area contributed by atoms with E-state index < -0.39 is 34.1 Å². The molecule has 1 atom stereocenters. The van der Waals surface area contributed by atoms with Gasteiger partial charge in [-0.1, -0.05) is 19.1 Å². The van der Waals surface area contributed by atoms with Gasteiger partial charge in [0.2, 0.25) is 21.8 Å². The van der Waals surface area contributed by atoms with E-state index in [1.165, 1.54) is 25.2 Å². The van der Waals surface area contributed by atoms with Gasteiger partial charge >= 0.3 is 0 Å². The van der Waals surface area contributed by atoms with Gasteiger partial charge in [-0.15, -0.1) is 0 Å². The first-order valence-corrected chi connectivity index (χ1v) is 14.0. The van der Waals surface area contributed by atoms with E-state index in [0.29, 0.717) is 17.9 Å². The van der Waals surface area contributed by atoms with Crippen LogP contribution in [0.1, 0.15) is 39.7 Å². The zero-order valence-electron chi connectivity index (χ0n) is 23.4. The molecule has 38 heavy (non-hydrogen) atoms. The molecule has 10 nitrogen and oxygen atoms in total. The molecule has 210 valence electrons. The molecular formula is C27H39N3O7S. The van der Waals surface area contributed by atoms with E-state index in [1.807, 2.05) is 26.8 Å². The van der Waals surface area contributed by atoms with Crippen molar-refractivity contribution in [2.75, 3.05) is 38.4 Å². The maximum Gasteiger partial charge on any atom is 0.244 e. The minimum absolute atomic E-state index is 0.0684.